The Balaban J connectivity index is 0.00000116. The highest BCUT2D eigenvalue weighted by atomic mass is 35.5. The number of nitrogens with one attached hydrogen (secondary N) is 1. The highest BCUT2D eigenvalue weighted by Crippen LogP contribution is 2.32. The summed E-state index contributed by atoms with van der Waals surface area (Å²) in [5.41, 5.74) is 16.6. The van der Waals surface area contributed by atoms with Crippen molar-refractivity contribution in [3.05, 3.63) is 93.1 Å². The zero-order valence-corrected chi connectivity index (χ0v) is 25.5. The molecule has 2 heterocycles. The van der Waals surface area contributed by atoms with Crippen LogP contribution in [0.15, 0.2) is 60.7 Å². The Labute approximate surface area is 254 Å². The summed E-state index contributed by atoms with van der Waals surface area (Å²) in [6, 6.07) is 19.8. The Kier molecular flexibility index (Phi) is 12.5. The first kappa shape index (κ1) is 32.7. The number of aromatic nitrogens is 2. The van der Waals surface area contributed by atoms with Crippen molar-refractivity contribution in [3.8, 4) is 5.75 Å². The number of rotatable bonds is 11. The molecule has 0 unspecified atom stereocenters. The van der Waals surface area contributed by atoms with Crippen LogP contribution in [-0.2, 0) is 32.2 Å². The van der Waals surface area contributed by atoms with E-state index in [1.54, 1.807) is 18.4 Å². The summed E-state index contributed by atoms with van der Waals surface area (Å²) >= 11 is 7.80. The zero-order valence-electron chi connectivity index (χ0n) is 23.9. The molecule has 5 rings (SSSR count). The Morgan fingerprint density at radius 2 is 1.76 bits per heavy atom. The quantitative estimate of drug-likeness (QED) is 0.0461. The number of amidine groups is 1. The van der Waals surface area contributed by atoms with Crippen LogP contribution in [0.5, 0.6) is 5.75 Å². The van der Waals surface area contributed by atoms with Crippen LogP contribution in [0.3, 0.4) is 0 Å². The third-order valence-electron chi connectivity index (χ3n) is 6.84. The van der Waals surface area contributed by atoms with E-state index in [-0.39, 0.29) is 5.84 Å². The Bertz CT molecular complexity index is 1630. The van der Waals surface area contributed by atoms with Gasteiger partial charge < -0.3 is 20.8 Å². The number of carbonyl (C=O) groups excluding carboxylic acids is 1. The topological polar surface area (TPSA) is 172 Å². The molecule has 222 valence electrons. The number of aryl methyl sites for hydroxylation is 4. The fraction of sp³-hybridized carbons (Fsp3) is 0.258. The number of carbonyl (C=O) groups is 1. The van der Waals surface area contributed by atoms with Gasteiger partial charge in [-0.05, 0) is 79.9 Å². The molecule has 0 radical (unpaired) electrons. The number of aldehydes is 1. The number of fused-ring (bicyclic) bond motifs is 2. The number of hydrazine groups is 1. The maximum Gasteiger partial charge on any atom is 0.150 e. The second kappa shape index (κ2) is 16.0. The summed E-state index contributed by atoms with van der Waals surface area (Å²) in [6.45, 7) is 0.611. The summed E-state index contributed by atoms with van der Waals surface area (Å²) in [4.78, 5) is 16.5. The van der Waals surface area contributed by atoms with E-state index in [9.17, 15) is 4.79 Å². The number of nitrogens with zero attached hydrogens (tertiary/aromatic N) is 2. The van der Waals surface area contributed by atoms with Crippen LogP contribution >= 0.6 is 22.9 Å². The van der Waals surface area contributed by atoms with Crippen LogP contribution in [0.2, 0.25) is 5.02 Å². The number of ether oxygens (including phenoxy) is 1. The maximum atomic E-state index is 11.6. The van der Waals surface area contributed by atoms with Gasteiger partial charge >= 0.3 is 0 Å². The van der Waals surface area contributed by atoms with Crippen molar-refractivity contribution >= 4 is 56.2 Å². The van der Waals surface area contributed by atoms with Gasteiger partial charge in [0.1, 0.15) is 12.0 Å². The molecule has 0 saturated heterocycles. The first-order valence-electron chi connectivity index (χ1n) is 13.5. The van der Waals surface area contributed by atoms with Gasteiger partial charge in [-0.1, -0.05) is 23.7 Å². The lowest BCUT2D eigenvalue weighted by Gasteiger charge is -2.12. The van der Waals surface area contributed by atoms with Crippen molar-refractivity contribution in [2.75, 3.05) is 14.2 Å². The standard InChI is InChI=1S/C30H29ClN4O2S.CH5N.H4N2/c1-37-22-8-12-28-25(17-22)34-30(38-28)13-11-26-23(9-4-19-2-6-21(31)7-3-19)24-16-20(18-36)5-10-27(24)35(26)15-14-29(32)33;2*1-2/h2-3,5-8,10,12,16-18H,4,9,11,13-15H2,1H3,(H3,32,33);2H2,1H3;1-2H2. The molecule has 0 fully saturated rings. The van der Waals surface area contributed by atoms with Crippen molar-refractivity contribution in [2.45, 2.75) is 38.6 Å². The number of benzene rings is 3. The van der Waals surface area contributed by atoms with E-state index < -0.39 is 0 Å². The van der Waals surface area contributed by atoms with E-state index in [0.717, 1.165) is 68.9 Å². The molecule has 11 heteroatoms. The number of nitrogens with two attached hydrogens (primary N) is 4. The first-order chi connectivity index (χ1) is 20.4. The third kappa shape index (κ3) is 7.93. The van der Waals surface area contributed by atoms with Crippen LogP contribution in [0, 0.1) is 5.41 Å². The molecule has 0 atom stereocenters. The van der Waals surface area contributed by atoms with Gasteiger partial charge in [-0.3, -0.25) is 21.9 Å². The van der Waals surface area contributed by atoms with Gasteiger partial charge in [0.15, 0.2) is 0 Å². The highest BCUT2D eigenvalue weighted by molar-refractivity contribution is 7.18. The summed E-state index contributed by atoms with van der Waals surface area (Å²) in [5, 5.41) is 10.7. The Morgan fingerprint density at radius 1 is 1.02 bits per heavy atom. The van der Waals surface area contributed by atoms with Gasteiger partial charge in [-0.25, -0.2) is 4.98 Å². The van der Waals surface area contributed by atoms with Crippen molar-refractivity contribution in [2.24, 2.45) is 23.2 Å². The van der Waals surface area contributed by atoms with Gasteiger partial charge in [0.2, 0.25) is 0 Å². The van der Waals surface area contributed by atoms with Crippen molar-refractivity contribution in [1.82, 2.24) is 9.55 Å². The van der Waals surface area contributed by atoms with Crippen molar-refractivity contribution in [3.63, 3.8) is 0 Å². The minimum Gasteiger partial charge on any atom is -0.497 e. The predicted octanol–water partition coefficient (Wildman–Crippen LogP) is 5.02. The lowest BCUT2D eigenvalue weighted by atomic mass is 9.99. The molecule has 9 N–H and O–H groups in total. The van der Waals surface area contributed by atoms with Crippen LogP contribution in [0.4, 0.5) is 0 Å². The Hall–Kier alpha value is -3.80. The number of methoxy groups -OCH3 is 1. The van der Waals surface area contributed by atoms with Crippen molar-refractivity contribution in [1.29, 1.82) is 5.41 Å². The molecule has 2 aromatic heterocycles. The number of halogens is 1. The second-order valence-electron chi connectivity index (χ2n) is 9.31. The molecule has 42 heavy (non-hydrogen) atoms. The zero-order chi connectivity index (χ0) is 30.6. The van der Waals surface area contributed by atoms with E-state index in [0.29, 0.717) is 18.5 Å². The van der Waals surface area contributed by atoms with E-state index in [1.807, 2.05) is 42.5 Å². The Morgan fingerprint density at radius 3 is 2.43 bits per heavy atom. The summed E-state index contributed by atoms with van der Waals surface area (Å²) in [5.74, 6) is 8.96. The average Bonchev–Trinajstić information content (AvgIpc) is 3.57. The molecule has 0 amide bonds. The molecule has 5 aromatic rings. The van der Waals surface area contributed by atoms with E-state index in [4.69, 9.17) is 32.5 Å². The third-order valence-corrected chi connectivity index (χ3v) is 8.19. The molecule has 0 spiro atoms. The normalized spacial score (nSPS) is 10.5. The van der Waals surface area contributed by atoms with E-state index >= 15 is 0 Å². The molecule has 0 saturated carbocycles. The summed E-state index contributed by atoms with van der Waals surface area (Å²) in [6.07, 6.45) is 4.60. The monoisotopic (exact) mass is 607 g/mol. The smallest absolute Gasteiger partial charge is 0.150 e. The fourth-order valence-corrected chi connectivity index (χ4v) is 6.03. The minimum absolute atomic E-state index is 0.158. The predicted molar refractivity (Wildman–Crippen MR) is 175 cm³/mol. The van der Waals surface area contributed by atoms with Crippen LogP contribution in [0.1, 0.15) is 38.6 Å². The van der Waals surface area contributed by atoms with E-state index in [1.165, 1.54) is 23.9 Å². The molecular formula is C31H38ClN7O2S. The lowest BCUT2D eigenvalue weighted by Crippen LogP contribution is -2.15. The first-order valence-corrected chi connectivity index (χ1v) is 14.7. The van der Waals surface area contributed by atoms with Crippen molar-refractivity contribution < 1.29 is 9.53 Å². The number of thiazole rings is 1. The number of hydrogen-bond acceptors (Lipinski definition) is 8. The van der Waals surface area contributed by atoms with Gasteiger partial charge in [0, 0.05) is 52.6 Å². The summed E-state index contributed by atoms with van der Waals surface area (Å²) in [7, 11) is 3.16. The summed E-state index contributed by atoms with van der Waals surface area (Å²) < 4.78 is 8.77. The lowest BCUT2D eigenvalue weighted by molar-refractivity contribution is 0.112. The van der Waals surface area contributed by atoms with Gasteiger partial charge in [0.25, 0.3) is 0 Å². The highest BCUT2D eigenvalue weighted by Gasteiger charge is 2.19. The molecule has 9 nitrogen and oxygen atoms in total. The average molecular weight is 608 g/mol. The maximum absolute atomic E-state index is 11.6. The molecule has 0 aliphatic rings. The van der Waals surface area contributed by atoms with Crippen LogP contribution < -0.4 is 27.9 Å². The second-order valence-corrected chi connectivity index (χ2v) is 10.9. The van der Waals surface area contributed by atoms with Crippen LogP contribution in [0.25, 0.3) is 21.1 Å². The van der Waals surface area contributed by atoms with Gasteiger partial charge in [0.05, 0.1) is 28.2 Å². The molecule has 0 aliphatic carbocycles. The minimum atomic E-state index is 0.158. The molecule has 0 aliphatic heterocycles. The van der Waals surface area contributed by atoms with Crippen LogP contribution in [-0.4, -0.2) is 35.8 Å². The van der Waals surface area contributed by atoms with E-state index in [2.05, 4.69) is 40.2 Å². The molecular weight excluding hydrogens is 570 g/mol. The van der Waals surface area contributed by atoms with Gasteiger partial charge in [-0.15, -0.1) is 11.3 Å². The fourth-order valence-electron chi connectivity index (χ4n) is 4.95. The van der Waals surface area contributed by atoms with Gasteiger partial charge in [-0.2, -0.15) is 0 Å². The largest absolute Gasteiger partial charge is 0.497 e. The molecule has 0 bridgehead atoms. The number of hydrogen-bond donors (Lipinski definition) is 5. The molecule has 3 aromatic carbocycles. The SMILES string of the molecule is CN.COc1ccc2sc(CCc3c(CCc4ccc(Cl)cc4)c4cc(C=O)ccc4n3CCC(=N)N)nc2c1.NN.